The predicted molar refractivity (Wildman–Crippen MR) is 78.6 cm³/mol. The van der Waals surface area contributed by atoms with Crippen LogP contribution in [-0.2, 0) is 0 Å². The molecule has 2 heterocycles. The van der Waals surface area contributed by atoms with Gasteiger partial charge in [-0.3, -0.25) is 0 Å². The quantitative estimate of drug-likeness (QED) is 0.870. The summed E-state index contributed by atoms with van der Waals surface area (Å²) in [7, 11) is 0. The van der Waals surface area contributed by atoms with Gasteiger partial charge < -0.3 is 15.1 Å². The number of aromatic nitrogens is 1. The minimum Gasteiger partial charge on any atom is -0.389 e. The normalized spacial score (nSPS) is 31.8. The lowest BCUT2D eigenvalue weighted by molar-refractivity contribution is -0.0613. The Balaban J connectivity index is 1.72. The molecular formula is C16H24N2O2. The van der Waals surface area contributed by atoms with Crippen molar-refractivity contribution < 1.29 is 10.2 Å². The summed E-state index contributed by atoms with van der Waals surface area (Å²) in [6.45, 7) is 3.52. The number of pyridine rings is 1. The average Bonchev–Trinajstić information content (AvgIpc) is 2.46. The number of rotatable bonds is 2. The van der Waals surface area contributed by atoms with E-state index in [2.05, 4.69) is 9.88 Å². The zero-order valence-corrected chi connectivity index (χ0v) is 12.1. The van der Waals surface area contributed by atoms with Crippen LogP contribution in [0.15, 0.2) is 18.3 Å². The molecule has 0 spiro atoms. The molecule has 3 atom stereocenters. The molecule has 2 aliphatic rings. The molecule has 4 nitrogen and oxygen atoms in total. The van der Waals surface area contributed by atoms with Crippen LogP contribution in [0.25, 0.3) is 0 Å². The van der Waals surface area contributed by atoms with Gasteiger partial charge in [-0.05, 0) is 37.8 Å². The maximum absolute atomic E-state index is 10.7. The van der Waals surface area contributed by atoms with Crippen LogP contribution in [0.4, 0.5) is 5.82 Å². The molecule has 1 saturated heterocycles. The lowest BCUT2D eigenvalue weighted by Crippen LogP contribution is -2.53. The molecule has 2 fully saturated rings. The first-order valence-electron chi connectivity index (χ1n) is 7.70. The largest absolute Gasteiger partial charge is 0.389 e. The fourth-order valence-corrected chi connectivity index (χ4v) is 3.61. The Morgan fingerprint density at radius 1 is 1.35 bits per heavy atom. The highest BCUT2D eigenvalue weighted by molar-refractivity contribution is 5.40. The lowest BCUT2D eigenvalue weighted by Gasteiger charge is -2.47. The molecule has 0 radical (unpaired) electrons. The van der Waals surface area contributed by atoms with Crippen LogP contribution in [0.1, 0.15) is 50.7 Å². The van der Waals surface area contributed by atoms with Gasteiger partial charge >= 0.3 is 0 Å². The van der Waals surface area contributed by atoms with Crippen molar-refractivity contribution in [2.24, 2.45) is 5.92 Å². The first kappa shape index (κ1) is 13.8. The molecule has 4 heteroatoms. The van der Waals surface area contributed by atoms with Gasteiger partial charge in [-0.1, -0.05) is 18.9 Å². The van der Waals surface area contributed by atoms with Crippen molar-refractivity contribution in [2.75, 3.05) is 18.0 Å². The van der Waals surface area contributed by atoms with E-state index in [1.165, 1.54) is 6.42 Å². The van der Waals surface area contributed by atoms with Gasteiger partial charge in [0, 0.05) is 25.2 Å². The van der Waals surface area contributed by atoms with Crippen LogP contribution in [0.5, 0.6) is 0 Å². The third-order valence-electron chi connectivity index (χ3n) is 5.00. The number of anilines is 1. The number of aliphatic hydroxyl groups is 2. The summed E-state index contributed by atoms with van der Waals surface area (Å²) in [6.07, 6.45) is 6.60. The number of piperidine rings is 1. The monoisotopic (exact) mass is 276 g/mol. The van der Waals surface area contributed by atoms with E-state index in [1.807, 2.05) is 12.1 Å². The van der Waals surface area contributed by atoms with Crippen molar-refractivity contribution in [1.29, 1.82) is 0 Å². The Kier molecular flexibility index (Phi) is 3.69. The van der Waals surface area contributed by atoms with Crippen LogP contribution in [0.2, 0.25) is 0 Å². The number of aliphatic hydroxyl groups excluding tert-OH is 1. The second kappa shape index (κ2) is 5.34. The fraction of sp³-hybridized carbons (Fsp3) is 0.688. The molecule has 0 amide bonds. The standard InChI is InChI=1S/C16H24N2O2/c1-12(19)13-5-6-15(17-10-13)18-9-8-16(20)7-3-2-4-14(16)11-18/h5-6,10,12,14,19-20H,2-4,7-9,11H2,1H3/t12-,14?,16?/m0/s1. The van der Waals surface area contributed by atoms with E-state index in [9.17, 15) is 10.2 Å². The summed E-state index contributed by atoms with van der Waals surface area (Å²) >= 11 is 0. The van der Waals surface area contributed by atoms with Crippen LogP contribution >= 0.6 is 0 Å². The van der Waals surface area contributed by atoms with Gasteiger partial charge in [0.1, 0.15) is 5.82 Å². The number of nitrogens with zero attached hydrogens (tertiary/aromatic N) is 2. The van der Waals surface area contributed by atoms with Gasteiger partial charge in [0.2, 0.25) is 0 Å². The maximum Gasteiger partial charge on any atom is 0.128 e. The van der Waals surface area contributed by atoms with Crippen molar-refractivity contribution in [3.05, 3.63) is 23.9 Å². The second-order valence-corrected chi connectivity index (χ2v) is 6.37. The maximum atomic E-state index is 10.7. The van der Waals surface area contributed by atoms with E-state index < -0.39 is 11.7 Å². The Morgan fingerprint density at radius 2 is 2.20 bits per heavy atom. The van der Waals surface area contributed by atoms with Gasteiger partial charge in [0.25, 0.3) is 0 Å². The molecule has 0 bridgehead atoms. The average molecular weight is 276 g/mol. The number of hydrogen-bond acceptors (Lipinski definition) is 4. The van der Waals surface area contributed by atoms with Crippen molar-refractivity contribution in [2.45, 2.75) is 50.7 Å². The highest BCUT2D eigenvalue weighted by atomic mass is 16.3. The summed E-state index contributed by atoms with van der Waals surface area (Å²) in [5.74, 6) is 1.34. The molecule has 1 aromatic heterocycles. The first-order chi connectivity index (χ1) is 9.58. The zero-order valence-electron chi connectivity index (χ0n) is 12.1. The molecule has 1 aromatic rings. The SMILES string of the molecule is C[C@H](O)c1ccc(N2CCC3(O)CCCCC3C2)nc1. The van der Waals surface area contributed by atoms with Gasteiger partial charge in [0.15, 0.2) is 0 Å². The summed E-state index contributed by atoms with van der Waals surface area (Å²) in [4.78, 5) is 6.74. The second-order valence-electron chi connectivity index (χ2n) is 6.37. The van der Waals surface area contributed by atoms with E-state index >= 15 is 0 Å². The zero-order chi connectivity index (χ0) is 14.2. The van der Waals surface area contributed by atoms with Crippen molar-refractivity contribution in [3.63, 3.8) is 0 Å². The topological polar surface area (TPSA) is 56.6 Å². The van der Waals surface area contributed by atoms with Crippen molar-refractivity contribution in [1.82, 2.24) is 4.98 Å². The molecule has 20 heavy (non-hydrogen) atoms. The Morgan fingerprint density at radius 3 is 2.90 bits per heavy atom. The molecule has 2 unspecified atom stereocenters. The molecule has 1 aliphatic heterocycles. The molecular weight excluding hydrogens is 252 g/mol. The summed E-state index contributed by atoms with van der Waals surface area (Å²) in [5.41, 5.74) is 0.411. The van der Waals surface area contributed by atoms with E-state index in [1.54, 1.807) is 13.1 Å². The summed E-state index contributed by atoms with van der Waals surface area (Å²) in [5, 5.41) is 20.2. The van der Waals surface area contributed by atoms with E-state index in [-0.39, 0.29) is 0 Å². The third kappa shape index (κ3) is 2.54. The Hall–Kier alpha value is -1.13. The number of fused-ring (bicyclic) bond motifs is 1. The Labute approximate surface area is 120 Å². The molecule has 1 saturated carbocycles. The number of hydrogen-bond donors (Lipinski definition) is 2. The van der Waals surface area contributed by atoms with Crippen LogP contribution in [-0.4, -0.2) is 33.9 Å². The van der Waals surface area contributed by atoms with Gasteiger partial charge in [-0.2, -0.15) is 0 Å². The fourth-order valence-electron chi connectivity index (χ4n) is 3.61. The van der Waals surface area contributed by atoms with Crippen LogP contribution in [0.3, 0.4) is 0 Å². The molecule has 0 aromatic carbocycles. The molecule has 3 rings (SSSR count). The van der Waals surface area contributed by atoms with Crippen molar-refractivity contribution >= 4 is 5.82 Å². The molecule has 1 aliphatic carbocycles. The molecule has 110 valence electrons. The van der Waals surface area contributed by atoms with Crippen LogP contribution < -0.4 is 4.90 Å². The van der Waals surface area contributed by atoms with Gasteiger partial charge in [-0.25, -0.2) is 4.98 Å². The minimum atomic E-state index is -0.471. The first-order valence-corrected chi connectivity index (χ1v) is 7.70. The van der Waals surface area contributed by atoms with Crippen molar-refractivity contribution in [3.8, 4) is 0 Å². The highest BCUT2D eigenvalue weighted by Crippen LogP contribution is 2.40. The van der Waals surface area contributed by atoms with Gasteiger partial charge in [0.05, 0.1) is 11.7 Å². The lowest BCUT2D eigenvalue weighted by atomic mass is 9.71. The van der Waals surface area contributed by atoms with E-state index in [4.69, 9.17) is 0 Å². The molecule has 2 N–H and O–H groups in total. The van der Waals surface area contributed by atoms with Crippen LogP contribution in [0, 0.1) is 5.92 Å². The van der Waals surface area contributed by atoms with Gasteiger partial charge in [-0.15, -0.1) is 0 Å². The Bertz CT molecular complexity index is 460. The van der Waals surface area contributed by atoms with E-state index in [0.29, 0.717) is 5.92 Å². The summed E-state index contributed by atoms with van der Waals surface area (Å²) < 4.78 is 0. The summed E-state index contributed by atoms with van der Waals surface area (Å²) in [6, 6.07) is 3.92. The smallest absolute Gasteiger partial charge is 0.128 e. The minimum absolute atomic E-state index is 0.378. The highest BCUT2D eigenvalue weighted by Gasteiger charge is 2.42. The third-order valence-corrected chi connectivity index (χ3v) is 5.00. The predicted octanol–water partition coefficient (Wildman–Crippen LogP) is 2.27. The van der Waals surface area contributed by atoms with E-state index in [0.717, 1.165) is 50.2 Å².